The summed E-state index contributed by atoms with van der Waals surface area (Å²) in [6, 6.07) is 12.9. The molecule has 0 saturated carbocycles. The van der Waals surface area contributed by atoms with Crippen molar-refractivity contribution in [2.75, 3.05) is 26.0 Å². The second-order valence-electron chi connectivity index (χ2n) is 5.82. The lowest BCUT2D eigenvalue weighted by Gasteiger charge is -2.12. The summed E-state index contributed by atoms with van der Waals surface area (Å²) in [5, 5.41) is 2.92. The second-order valence-corrected chi connectivity index (χ2v) is 5.82. The fourth-order valence-electron chi connectivity index (χ4n) is 2.36. The Hall–Kier alpha value is -2.69. The zero-order valence-corrected chi connectivity index (χ0v) is 14.9. The maximum absolute atomic E-state index is 12.3. The van der Waals surface area contributed by atoms with Crippen LogP contribution in [0.3, 0.4) is 0 Å². The molecule has 5 nitrogen and oxygen atoms in total. The van der Waals surface area contributed by atoms with Crippen LogP contribution in [0.4, 0.5) is 5.69 Å². The fraction of sp³-hybridized carbons (Fsp3) is 0.350. The van der Waals surface area contributed by atoms with Gasteiger partial charge in [0.15, 0.2) is 11.5 Å². The van der Waals surface area contributed by atoms with E-state index >= 15 is 0 Å². The third-order valence-corrected chi connectivity index (χ3v) is 3.86. The molecule has 2 aromatic rings. The van der Waals surface area contributed by atoms with Crippen LogP contribution in [0, 0.1) is 0 Å². The first kappa shape index (κ1) is 18.6. The lowest BCUT2D eigenvalue weighted by molar-refractivity contribution is 0.0953. The van der Waals surface area contributed by atoms with E-state index in [2.05, 4.69) is 12.2 Å². The van der Waals surface area contributed by atoms with Crippen molar-refractivity contribution < 1.29 is 14.3 Å². The third kappa shape index (κ3) is 5.71. The van der Waals surface area contributed by atoms with E-state index in [1.165, 1.54) is 0 Å². The number of nitrogens with two attached hydrogens (primary N) is 1. The minimum Gasteiger partial charge on any atom is -0.493 e. The van der Waals surface area contributed by atoms with E-state index in [1.54, 1.807) is 25.3 Å². The molecule has 0 saturated heterocycles. The van der Waals surface area contributed by atoms with E-state index in [4.69, 9.17) is 15.2 Å². The van der Waals surface area contributed by atoms with Crippen LogP contribution in [0.5, 0.6) is 11.5 Å². The molecule has 0 aliphatic heterocycles. The van der Waals surface area contributed by atoms with Crippen molar-refractivity contribution in [3.05, 3.63) is 53.6 Å². The SMILES string of the molecule is CCCCOc1ccc(C(=O)NCCc2ccc(N)cc2)cc1OC. The zero-order valence-electron chi connectivity index (χ0n) is 14.9. The number of anilines is 1. The topological polar surface area (TPSA) is 73.6 Å². The number of rotatable bonds is 9. The summed E-state index contributed by atoms with van der Waals surface area (Å²) >= 11 is 0. The van der Waals surface area contributed by atoms with Gasteiger partial charge in [-0.1, -0.05) is 25.5 Å². The summed E-state index contributed by atoms with van der Waals surface area (Å²) in [6.45, 7) is 3.30. The Morgan fingerprint density at radius 2 is 1.88 bits per heavy atom. The Morgan fingerprint density at radius 3 is 2.56 bits per heavy atom. The van der Waals surface area contributed by atoms with Crippen molar-refractivity contribution in [1.29, 1.82) is 0 Å². The van der Waals surface area contributed by atoms with Gasteiger partial charge in [-0.3, -0.25) is 4.79 Å². The molecule has 0 heterocycles. The van der Waals surface area contributed by atoms with E-state index in [-0.39, 0.29) is 5.91 Å². The van der Waals surface area contributed by atoms with Crippen LogP contribution in [0.1, 0.15) is 35.7 Å². The average Bonchev–Trinajstić information content (AvgIpc) is 2.63. The molecule has 0 aromatic heterocycles. The van der Waals surface area contributed by atoms with E-state index in [0.29, 0.717) is 30.2 Å². The van der Waals surface area contributed by atoms with Gasteiger partial charge in [0.25, 0.3) is 5.91 Å². The molecule has 0 aliphatic rings. The number of nitrogen functional groups attached to an aromatic ring is 1. The maximum Gasteiger partial charge on any atom is 0.251 e. The molecule has 0 spiro atoms. The van der Waals surface area contributed by atoms with Gasteiger partial charge in [0.1, 0.15) is 0 Å². The molecule has 25 heavy (non-hydrogen) atoms. The highest BCUT2D eigenvalue weighted by Gasteiger charge is 2.11. The van der Waals surface area contributed by atoms with Gasteiger partial charge in [0, 0.05) is 17.8 Å². The molecule has 2 rings (SSSR count). The summed E-state index contributed by atoms with van der Waals surface area (Å²) in [5.41, 5.74) is 8.09. The van der Waals surface area contributed by atoms with Crippen LogP contribution in [0.15, 0.2) is 42.5 Å². The predicted molar refractivity (Wildman–Crippen MR) is 100 cm³/mol. The number of amides is 1. The van der Waals surface area contributed by atoms with Crippen molar-refractivity contribution in [3.63, 3.8) is 0 Å². The summed E-state index contributed by atoms with van der Waals surface area (Å²) in [6.07, 6.45) is 2.80. The molecule has 0 bridgehead atoms. The molecule has 0 atom stereocenters. The standard InChI is InChI=1S/C20H26N2O3/c1-3-4-13-25-18-10-7-16(14-19(18)24-2)20(23)22-12-11-15-5-8-17(21)9-6-15/h5-10,14H,3-4,11-13,21H2,1-2H3,(H,22,23). The molecule has 0 unspecified atom stereocenters. The monoisotopic (exact) mass is 342 g/mol. The number of carbonyl (C=O) groups excluding carboxylic acids is 1. The Labute approximate surface area is 149 Å². The van der Waals surface area contributed by atoms with Crippen molar-refractivity contribution in [3.8, 4) is 11.5 Å². The fourth-order valence-corrected chi connectivity index (χ4v) is 2.36. The van der Waals surface area contributed by atoms with Gasteiger partial charge in [-0.05, 0) is 48.7 Å². The molecule has 0 aliphatic carbocycles. The van der Waals surface area contributed by atoms with Gasteiger partial charge in [-0.2, -0.15) is 0 Å². The van der Waals surface area contributed by atoms with Crippen LogP contribution in [-0.2, 0) is 6.42 Å². The lowest BCUT2D eigenvalue weighted by Crippen LogP contribution is -2.25. The molecule has 5 heteroatoms. The smallest absolute Gasteiger partial charge is 0.251 e. The van der Waals surface area contributed by atoms with Crippen molar-refractivity contribution in [1.82, 2.24) is 5.32 Å². The maximum atomic E-state index is 12.3. The first-order valence-corrected chi connectivity index (χ1v) is 8.57. The van der Waals surface area contributed by atoms with Gasteiger partial charge in [-0.15, -0.1) is 0 Å². The van der Waals surface area contributed by atoms with Gasteiger partial charge in [0.05, 0.1) is 13.7 Å². The van der Waals surface area contributed by atoms with Crippen LogP contribution < -0.4 is 20.5 Å². The molecule has 1 amide bonds. The molecule has 0 fully saturated rings. The second kappa shape index (κ2) is 9.57. The third-order valence-electron chi connectivity index (χ3n) is 3.86. The largest absolute Gasteiger partial charge is 0.493 e. The number of ether oxygens (including phenoxy) is 2. The highest BCUT2D eigenvalue weighted by molar-refractivity contribution is 5.94. The van der Waals surface area contributed by atoms with Gasteiger partial charge in [-0.25, -0.2) is 0 Å². The van der Waals surface area contributed by atoms with E-state index in [0.717, 1.165) is 30.5 Å². The number of unbranched alkanes of at least 4 members (excludes halogenated alkanes) is 1. The molecular formula is C20H26N2O3. The van der Waals surface area contributed by atoms with Crippen LogP contribution in [-0.4, -0.2) is 26.2 Å². The molecule has 134 valence electrons. The number of carbonyl (C=O) groups is 1. The Kier molecular flexibility index (Phi) is 7.14. The first-order valence-electron chi connectivity index (χ1n) is 8.57. The molecular weight excluding hydrogens is 316 g/mol. The highest BCUT2D eigenvalue weighted by Crippen LogP contribution is 2.28. The Bertz CT molecular complexity index is 684. The summed E-state index contributed by atoms with van der Waals surface area (Å²) in [5.74, 6) is 1.10. The summed E-state index contributed by atoms with van der Waals surface area (Å²) < 4.78 is 11.0. The number of nitrogens with one attached hydrogen (secondary N) is 1. The number of hydrogen-bond acceptors (Lipinski definition) is 4. The highest BCUT2D eigenvalue weighted by atomic mass is 16.5. The predicted octanol–water partition coefficient (Wildman–Crippen LogP) is 3.43. The van der Waals surface area contributed by atoms with Crippen LogP contribution in [0.25, 0.3) is 0 Å². The van der Waals surface area contributed by atoms with Gasteiger partial charge in [0.2, 0.25) is 0 Å². The Balaban J connectivity index is 1.90. The van der Waals surface area contributed by atoms with Crippen molar-refractivity contribution >= 4 is 11.6 Å². The summed E-state index contributed by atoms with van der Waals surface area (Å²) in [4.78, 5) is 12.3. The first-order chi connectivity index (χ1) is 12.1. The van der Waals surface area contributed by atoms with Crippen LogP contribution in [0.2, 0.25) is 0 Å². The number of benzene rings is 2. The zero-order chi connectivity index (χ0) is 18.1. The molecule has 3 N–H and O–H groups in total. The minimum atomic E-state index is -0.131. The van der Waals surface area contributed by atoms with Crippen molar-refractivity contribution in [2.45, 2.75) is 26.2 Å². The minimum absolute atomic E-state index is 0.131. The van der Waals surface area contributed by atoms with Gasteiger partial charge < -0.3 is 20.5 Å². The molecule has 2 aromatic carbocycles. The lowest BCUT2D eigenvalue weighted by atomic mass is 10.1. The normalized spacial score (nSPS) is 10.3. The quantitative estimate of drug-likeness (QED) is 0.541. The van der Waals surface area contributed by atoms with Crippen molar-refractivity contribution in [2.24, 2.45) is 0 Å². The van der Waals surface area contributed by atoms with E-state index in [9.17, 15) is 4.79 Å². The van der Waals surface area contributed by atoms with Gasteiger partial charge >= 0.3 is 0 Å². The van der Waals surface area contributed by atoms with E-state index in [1.807, 2.05) is 24.3 Å². The number of hydrogen-bond donors (Lipinski definition) is 2. The molecule has 0 radical (unpaired) electrons. The van der Waals surface area contributed by atoms with E-state index < -0.39 is 0 Å². The van der Waals surface area contributed by atoms with Crippen LogP contribution >= 0.6 is 0 Å². The summed E-state index contributed by atoms with van der Waals surface area (Å²) in [7, 11) is 1.57. The average molecular weight is 342 g/mol. The Morgan fingerprint density at radius 1 is 1.12 bits per heavy atom. The number of methoxy groups -OCH3 is 1.